The van der Waals surface area contributed by atoms with Crippen LogP contribution in [0, 0.1) is 5.92 Å². The van der Waals surface area contributed by atoms with Gasteiger partial charge in [0.2, 0.25) is 5.91 Å². The molecule has 1 aliphatic rings. The molecule has 1 fully saturated rings. The second-order valence-electron chi connectivity index (χ2n) is 5.87. The Kier molecular flexibility index (Phi) is 8.12. The van der Waals surface area contributed by atoms with Gasteiger partial charge < -0.3 is 15.8 Å². The van der Waals surface area contributed by atoms with Gasteiger partial charge in [0.1, 0.15) is 5.75 Å². The van der Waals surface area contributed by atoms with Crippen molar-refractivity contribution in [3.05, 3.63) is 23.2 Å². The molecule has 0 aromatic heterocycles. The molecule has 0 spiro atoms. The number of nitrogens with zero attached hydrogens (tertiary/aromatic N) is 1. The highest BCUT2D eigenvalue weighted by atomic mass is 35.5. The van der Waals surface area contributed by atoms with Gasteiger partial charge in [-0.25, -0.2) is 0 Å². The average Bonchev–Trinajstić information content (AvgIpc) is 2.48. The summed E-state index contributed by atoms with van der Waals surface area (Å²) in [5, 5.41) is 3.35. The van der Waals surface area contributed by atoms with Crippen molar-refractivity contribution in [1.82, 2.24) is 4.90 Å². The maximum atomic E-state index is 12.1. The number of hydrogen-bond donors (Lipinski definition) is 2. The maximum Gasteiger partial charge on any atom is 0.238 e. The second kappa shape index (κ2) is 9.33. The standard InChI is InChI=1S/C16H24ClN3O2.ClH/c1-11(18)12-5-7-20(8-6-12)10-16(21)19-13-3-4-15(22-2)14(17)9-13;/h3-4,9,11-12H,5-8,10,18H2,1-2H3,(H,19,21);1H. The Labute approximate surface area is 148 Å². The van der Waals surface area contributed by atoms with Gasteiger partial charge in [0, 0.05) is 11.7 Å². The molecule has 1 amide bonds. The van der Waals surface area contributed by atoms with E-state index in [1.54, 1.807) is 25.3 Å². The molecule has 1 saturated heterocycles. The summed E-state index contributed by atoms with van der Waals surface area (Å²) in [6.07, 6.45) is 2.11. The van der Waals surface area contributed by atoms with Crippen LogP contribution in [0.4, 0.5) is 5.69 Å². The Morgan fingerprint density at radius 3 is 2.65 bits per heavy atom. The molecule has 130 valence electrons. The van der Waals surface area contributed by atoms with Gasteiger partial charge in [-0.2, -0.15) is 0 Å². The van der Waals surface area contributed by atoms with Gasteiger partial charge in [-0.3, -0.25) is 9.69 Å². The van der Waals surface area contributed by atoms with Crippen molar-refractivity contribution >= 4 is 35.6 Å². The van der Waals surface area contributed by atoms with Crippen molar-refractivity contribution in [3.8, 4) is 5.75 Å². The number of ether oxygens (including phenoxy) is 1. The van der Waals surface area contributed by atoms with E-state index in [-0.39, 0.29) is 24.4 Å². The van der Waals surface area contributed by atoms with Crippen LogP contribution in [0.2, 0.25) is 5.02 Å². The number of benzene rings is 1. The van der Waals surface area contributed by atoms with E-state index in [2.05, 4.69) is 17.1 Å². The highest BCUT2D eigenvalue weighted by Gasteiger charge is 2.23. The molecule has 0 saturated carbocycles. The Hall–Kier alpha value is -1.01. The molecule has 5 nitrogen and oxygen atoms in total. The van der Waals surface area contributed by atoms with Crippen LogP contribution in [-0.4, -0.2) is 43.6 Å². The highest BCUT2D eigenvalue weighted by molar-refractivity contribution is 6.32. The zero-order valence-corrected chi connectivity index (χ0v) is 15.1. The lowest BCUT2D eigenvalue weighted by molar-refractivity contribution is -0.117. The first-order valence-corrected chi connectivity index (χ1v) is 7.98. The minimum atomic E-state index is -0.0273. The lowest BCUT2D eigenvalue weighted by atomic mass is 9.91. The number of nitrogens with two attached hydrogens (primary N) is 1. The third-order valence-electron chi connectivity index (χ3n) is 4.18. The van der Waals surface area contributed by atoms with Crippen molar-refractivity contribution in [2.75, 3.05) is 32.1 Å². The molecular formula is C16H25Cl2N3O2. The molecule has 1 aromatic rings. The van der Waals surface area contributed by atoms with Gasteiger partial charge in [0.15, 0.2) is 0 Å². The van der Waals surface area contributed by atoms with Crippen LogP contribution in [0.1, 0.15) is 19.8 Å². The van der Waals surface area contributed by atoms with Crippen LogP contribution in [-0.2, 0) is 4.79 Å². The Bertz CT molecular complexity index is 518. The van der Waals surface area contributed by atoms with E-state index in [9.17, 15) is 4.79 Å². The van der Waals surface area contributed by atoms with Crippen molar-refractivity contribution in [2.24, 2.45) is 11.7 Å². The molecule has 23 heavy (non-hydrogen) atoms. The number of amides is 1. The highest BCUT2D eigenvalue weighted by Crippen LogP contribution is 2.27. The molecule has 1 heterocycles. The predicted octanol–water partition coefficient (Wildman–Crippen LogP) is 2.77. The first-order chi connectivity index (χ1) is 10.5. The monoisotopic (exact) mass is 361 g/mol. The molecule has 1 unspecified atom stereocenters. The molecule has 0 radical (unpaired) electrons. The van der Waals surface area contributed by atoms with E-state index in [4.69, 9.17) is 22.1 Å². The molecule has 7 heteroatoms. The molecule has 3 N–H and O–H groups in total. The summed E-state index contributed by atoms with van der Waals surface area (Å²) in [5.41, 5.74) is 6.62. The van der Waals surface area contributed by atoms with Gasteiger partial charge in [0.25, 0.3) is 0 Å². The van der Waals surface area contributed by atoms with Crippen LogP contribution >= 0.6 is 24.0 Å². The fraction of sp³-hybridized carbons (Fsp3) is 0.562. The van der Waals surface area contributed by atoms with Crippen molar-refractivity contribution < 1.29 is 9.53 Å². The quantitative estimate of drug-likeness (QED) is 0.845. The average molecular weight is 362 g/mol. The Morgan fingerprint density at radius 2 is 2.13 bits per heavy atom. The van der Waals surface area contributed by atoms with Gasteiger partial charge in [-0.15, -0.1) is 12.4 Å². The number of carbonyl (C=O) groups is 1. The zero-order valence-electron chi connectivity index (χ0n) is 13.5. The third kappa shape index (κ3) is 5.84. The predicted molar refractivity (Wildman–Crippen MR) is 96.7 cm³/mol. The lowest BCUT2D eigenvalue weighted by Gasteiger charge is -2.33. The summed E-state index contributed by atoms with van der Waals surface area (Å²) < 4.78 is 5.09. The fourth-order valence-electron chi connectivity index (χ4n) is 2.78. The van der Waals surface area contributed by atoms with Crippen LogP contribution in [0.25, 0.3) is 0 Å². The summed E-state index contributed by atoms with van der Waals surface area (Å²) in [6.45, 7) is 4.29. The van der Waals surface area contributed by atoms with Crippen molar-refractivity contribution in [1.29, 1.82) is 0 Å². The first-order valence-electron chi connectivity index (χ1n) is 7.61. The van der Waals surface area contributed by atoms with E-state index in [0.717, 1.165) is 25.9 Å². The van der Waals surface area contributed by atoms with Crippen LogP contribution in [0.5, 0.6) is 5.75 Å². The number of methoxy groups -OCH3 is 1. The Balaban J connectivity index is 0.00000264. The van der Waals surface area contributed by atoms with Crippen LogP contribution in [0.3, 0.4) is 0 Å². The van der Waals surface area contributed by atoms with E-state index >= 15 is 0 Å². The molecule has 0 bridgehead atoms. The van der Waals surface area contributed by atoms with Gasteiger partial charge >= 0.3 is 0 Å². The molecule has 1 aromatic carbocycles. The number of hydrogen-bond acceptors (Lipinski definition) is 4. The van der Waals surface area contributed by atoms with Crippen LogP contribution in [0.15, 0.2) is 18.2 Å². The van der Waals surface area contributed by atoms with E-state index in [1.807, 2.05) is 0 Å². The number of nitrogens with one attached hydrogen (secondary N) is 1. The van der Waals surface area contributed by atoms with Crippen molar-refractivity contribution in [3.63, 3.8) is 0 Å². The third-order valence-corrected chi connectivity index (χ3v) is 4.47. The smallest absolute Gasteiger partial charge is 0.238 e. The van der Waals surface area contributed by atoms with E-state index in [1.165, 1.54) is 0 Å². The number of carbonyl (C=O) groups excluding carboxylic acids is 1. The molecule has 0 aliphatic carbocycles. The molecule has 1 aliphatic heterocycles. The number of likely N-dealkylation sites (tertiary alicyclic amines) is 1. The zero-order chi connectivity index (χ0) is 16.1. The number of rotatable bonds is 5. The summed E-state index contributed by atoms with van der Waals surface area (Å²) in [6, 6.07) is 5.45. The second-order valence-corrected chi connectivity index (χ2v) is 6.28. The molecule has 1 atom stereocenters. The molecular weight excluding hydrogens is 337 g/mol. The first kappa shape index (κ1) is 20.0. The maximum absolute atomic E-state index is 12.1. The fourth-order valence-corrected chi connectivity index (χ4v) is 3.04. The topological polar surface area (TPSA) is 67.6 Å². The minimum absolute atomic E-state index is 0. The van der Waals surface area contributed by atoms with Crippen molar-refractivity contribution in [2.45, 2.75) is 25.8 Å². The van der Waals surface area contributed by atoms with Gasteiger partial charge in [0.05, 0.1) is 18.7 Å². The van der Waals surface area contributed by atoms with Crippen LogP contribution < -0.4 is 15.8 Å². The van der Waals surface area contributed by atoms with Gasteiger partial charge in [-0.1, -0.05) is 11.6 Å². The minimum Gasteiger partial charge on any atom is -0.495 e. The molecule has 2 rings (SSSR count). The summed E-state index contributed by atoms with van der Waals surface area (Å²) in [4.78, 5) is 14.3. The van der Waals surface area contributed by atoms with Gasteiger partial charge in [-0.05, 0) is 57.0 Å². The van der Waals surface area contributed by atoms with E-state index < -0.39 is 0 Å². The lowest BCUT2D eigenvalue weighted by Crippen LogP contribution is -2.42. The largest absolute Gasteiger partial charge is 0.495 e. The number of halogens is 2. The number of piperidine rings is 1. The Morgan fingerprint density at radius 1 is 1.48 bits per heavy atom. The SMILES string of the molecule is COc1ccc(NC(=O)CN2CCC(C(C)N)CC2)cc1Cl.Cl. The number of anilines is 1. The summed E-state index contributed by atoms with van der Waals surface area (Å²) in [7, 11) is 1.56. The normalized spacial score (nSPS) is 17.2. The summed E-state index contributed by atoms with van der Waals surface area (Å²) >= 11 is 6.05. The summed E-state index contributed by atoms with van der Waals surface area (Å²) in [5.74, 6) is 1.14. The van der Waals surface area contributed by atoms with E-state index in [0.29, 0.717) is 28.9 Å².